The van der Waals surface area contributed by atoms with E-state index in [9.17, 15) is 20.2 Å². The lowest BCUT2D eigenvalue weighted by molar-refractivity contribution is -0.384. The molecule has 0 spiro atoms. The van der Waals surface area contributed by atoms with Gasteiger partial charge in [-0.1, -0.05) is 65.7 Å². The number of hydrogen-bond acceptors (Lipinski definition) is 5. The van der Waals surface area contributed by atoms with Gasteiger partial charge >= 0.3 is 0 Å². The smallest absolute Gasteiger partial charge is 0.269 e. The monoisotopic (exact) mass is 495 g/mol. The molecule has 9 heteroatoms. The minimum absolute atomic E-state index is 0.0134. The van der Waals surface area contributed by atoms with E-state index in [1.165, 1.54) is 30.3 Å². The van der Waals surface area contributed by atoms with Crippen LogP contribution in [0.25, 0.3) is 6.08 Å². The first-order valence-corrected chi connectivity index (χ1v) is 10.9. The summed E-state index contributed by atoms with van der Waals surface area (Å²) in [5, 5.41) is 23.5. The van der Waals surface area contributed by atoms with Crippen molar-refractivity contribution in [3.05, 3.63) is 109 Å². The van der Waals surface area contributed by atoms with E-state index < -0.39 is 10.8 Å². The van der Waals surface area contributed by atoms with E-state index in [1.54, 1.807) is 12.1 Å². The number of non-ortho nitro benzene ring substituents is 1. The molecule has 3 aromatic carbocycles. The second-order valence-electron chi connectivity index (χ2n) is 7.31. The molecule has 0 aliphatic carbocycles. The Bertz CT molecular complexity index is 1260. The predicted molar refractivity (Wildman–Crippen MR) is 130 cm³/mol. The summed E-state index contributed by atoms with van der Waals surface area (Å²) < 4.78 is 5.67. The molecule has 1 N–H and O–H groups in total. The molecule has 0 bridgehead atoms. The van der Waals surface area contributed by atoms with Gasteiger partial charge in [-0.25, -0.2) is 0 Å². The van der Waals surface area contributed by atoms with E-state index in [-0.39, 0.29) is 39.7 Å². The lowest BCUT2D eigenvalue weighted by Gasteiger charge is -2.14. The number of hydrogen-bond donors (Lipinski definition) is 1. The van der Waals surface area contributed by atoms with Crippen LogP contribution >= 0.6 is 23.2 Å². The summed E-state index contributed by atoms with van der Waals surface area (Å²) >= 11 is 12.6. The average molecular weight is 496 g/mol. The van der Waals surface area contributed by atoms with Crippen molar-refractivity contribution in [2.45, 2.75) is 19.6 Å². The van der Waals surface area contributed by atoms with Crippen LogP contribution in [-0.2, 0) is 11.4 Å². The zero-order valence-corrected chi connectivity index (χ0v) is 19.5. The number of nitriles is 1. The molecule has 0 fully saturated rings. The van der Waals surface area contributed by atoms with Crippen molar-refractivity contribution < 1.29 is 14.5 Å². The van der Waals surface area contributed by atoms with Gasteiger partial charge in [-0.2, -0.15) is 5.26 Å². The number of nitro benzene ring substituents is 1. The van der Waals surface area contributed by atoms with Crippen LogP contribution in [0.3, 0.4) is 0 Å². The molecule has 3 aromatic rings. The van der Waals surface area contributed by atoms with Crippen LogP contribution in [-0.4, -0.2) is 10.8 Å². The summed E-state index contributed by atoms with van der Waals surface area (Å²) in [6, 6.07) is 20.0. The topological polar surface area (TPSA) is 105 Å². The number of benzene rings is 3. The molecule has 34 heavy (non-hydrogen) atoms. The van der Waals surface area contributed by atoms with Crippen LogP contribution in [0, 0.1) is 21.4 Å². The van der Waals surface area contributed by atoms with Crippen molar-refractivity contribution in [2.24, 2.45) is 0 Å². The lowest BCUT2D eigenvalue weighted by atomic mass is 10.1. The Kier molecular flexibility index (Phi) is 8.25. The average Bonchev–Trinajstić information content (AvgIpc) is 2.82. The van der Waals surface area contributed by atoms with E-state index in [0.717, 1.165) is 5.56 Å². The maximum Gasteiger partial charge on any atom is 0.269 e. The fourth-order valence-electron chi connectivity index (χ4n) is 3.13. The van der Waals surface area contributed by atoms with Crippen molar-refractivity contribution >= 4 is 40.9 Å². The van der Waals surface area contributed by atoms with E-state index >= 15 is 0 Å². The van der Waals surface area contributed by atoms with Gasteiger partial charge in [0.25, 0.3) is 11.6 Å². The summed E-state index contributed by atoms with van der Waals surface area (Å²) in [6.07, 6.45) is 1.38. The highest BCUT2D eigenvalue weighted by Gasteiger charge is 2.16. The van der Waals surface area contributed by atoms with Crippen LogP contribution in [0.5, 0.6) is 5.75 Å². The molecule has 0 aliphatic heterocycles. The lowest BCUT2D eigenvalue weighted by Crippen LogP contribution is -2.27. The molecule has 172 valence electrons. The molecule has 0 saturated heterocycles. The highest BCUT2D eigenvalue weighted by atomic mass is 35.5. The van der Waals surface area contributed by atoms with Crippen LogP contribution < -0.4 is 10.1 Å². The quantitative estimate of drug-likeness (QED) is 0.171. The largest absolute Gasteiger partial charge is 0.486 e. The van der Waals surface area contributed by atoms with E-state index in [4.69, 9.17) is 27.9 Å². The summed E-state index contributed by atoms with van der Waals surface area (Å²) in [5.41, 5.74) is 1.75. The second kappa shape index (κ2) is 11.3. The third kappa shape index (κ3) is 6.35. The third-order valence-electron chi connectivity index (χ3n) is 4.85. The second-order valence-corrected chi connectivity index (χ2v) is 8.12. The summed E-state index contributed by atoms with van der Waals surface area (Å²) in [5.74, 6) is -0.343. The van der Waals surface area contributed by atoms with Crippen molar-refractivity contribution in [2.75, 3.05) is 0 Å². The Balaban J connectivity index is 1.74. The molecule has 7 nitrogen and oxygen atoms in total. The van der Waals surface area contributed by atoms with Crippen molar-refractivity contribution in [3.63, 3.8) is 0 Å². The number of amides is 1. The van der Waals surface area contributed by atoms with Gasteiger partial charge < -0.3 is 10.1 Å². The molecule has 0 aromatic heterocycles. The summed E-state index contributed by atoms with van der Waals surface area (Å²) in [7, 11) is 0. The normalized spacial score (nSPS) is 11.9. The molecule has 1 atom stereocenters. The number of carbonyl (C=O) groups is 1. The van der Waals surface area contributed by atoms with E-state index in [1.807, 2.05) is 43.3 Å². The number of rotatable bonds is 8. The van der Waals surface area contributed by atoms with Gasteiger partial charge in [0, 0.05) is 12.1 Å². The van der Waals surface area contributed by atoms with Crippen LogP contribution in [0.2, 0.25) is 10.0 Å². The van der Waals surface area contributed by atoms with Gasteiger partial charge in [0.1, 0.15) is 18.2 Å². The number of nitrogens with one attached hydrogen (secondary N) is 1. The van der Waals surface area contributed by atoms with Gasteiger partial charge in [0.15, 0.2) is 5.75 Å². The van der Waals surface area contributed by atoms with Gasteiger partial charge in [0.2, 0.25) is 0 Å². The van der Waals surface area contributed by atoms with Crippen LogP contribution in [0.1, 0.15) is 29.7 Å². The van der Waals surface area contributed by atoms with Crippen molar-refractivity contribution in [1.29, 1.82) is 5.26 Å². The molecule has 0 unspecified atom stereocenters. The Morgan fingerprint density at radius 1 is 1.15 bits per heavy atom. The molecule has 0 saturated carbocycles. The fraction of sp³-hybridized carbons (Fsp3) is 0.120. The molecular weight excluding hydrogens is 477 g/mol. The zero-order chi connectivity index (χ0) is 24.7. The first-order chi connectivity index (χ1) is 16.3. The number of halogens is 2. The van der Waals surface area contributed by atoms with Gasteiger partial charge in [-0.05, 0) is 41.8 Å². The molecule has 0 heterocycles. The Morgan fingerprint density at radius 2 is 1.82 bits per heavy atom. The minimum atomic E-state index is -0.530. The fourth-order valence-corrected chi connectivity index (χ4v) is 3.74. The maximum atomic E-state index is 12.6. The molecule has 0 aliphatic rings. The number of nitro groups is 1. The van der Waals surface area contributed by atoms with Gasteiger partial charge in [-0.3, -0.25) is 14.9 Å². The molecule has 1 amide bonds. The van der Waals surface area contributed by atoms with Gasteiger partial charge in [0.05, 0.1) is 21.0 Å². The highest BCUT2D eigenvalue weighted by Crippen LogP contribution is 2.35. The minimum Gasteiger partial charge on any atom is -0.486 e. The highest BCUT2D eigenvalue weighted by molar-refractivity contribution is 6.37. The van der Waals surface area contributed by atoms with Crippen LogP contribution in [0.4, 0.5) is 5.69 Å². The summed E-state index contributed by atoms with van der Waals surface area (Å²) in [6.45, 7) is 1.84. The number of nitrogens with zero attached hydrogens (tertiary/aromatic N) is 2. The van der Waals surface area contributed by atoms with Crippen molar-refractivity contribution in [1.82, 2.24) is 5.32 Å². The standard InChI is InChI=1S/C25H19Cl2N3O4/c1-16(19-7-3-2-4-8-19)29-25(31)20(14-28)10-18-12-22(26)24(23(27)13-18)34-15-17-6-5-9-21(11-17)30(32)33/h2-13,16H,15H2,1H3,(H,29,31)/b20-10-/t16-/m1/s1. The van der Waals surface area contributed by atoms with Crippen molar-refractivity contribution in [3.8, 4) is 11.8 Å². The Hall–Kier alpha value is -3.86. The number of ether oxygens (including phenoxy) is 1. The predicted octanol–water partition coefficient (Wildman–Crippen LogP) is 6.26. The van der Waals surface area contributed by atoms with Gasteiger partial charge in [-0.15, -0.1) is 0 Å². The van der Waals surface area contributed by atoms with E-state index in [0.29, 0.717) is 11.1 Å². The number of carbonyl (C=O) groups excluding carboxylic acids is 1. The van der Waals surface area contributed by atoms with E-state index in [2.05, 4.69) is 5.32 Å². The molecule has 3 rings (SSSR count). The Labute approximate surface area is 206 Å². The first kappa shape index (κ1) is 24.8. The molecule has 0 radical (unpaired) electrons. The van der Waals surface area contributed by atoms with Crippen LogP contribution in [0.15, 0.2) is 72.3 Å². The zero-order valence-electron chi connectivity index (χ0n) is 18.0. The third-order valence-corrected chi connectivity index (χ3v) is 5.41. The maximum absolute atomic E-state index is 12.6. The Morgan fingerprint density at radius 3 is 2.44 bits per heavy atom. The summed E-state index contributed by atoms with van der Waals surface area (Å²) in [4.78, 5) is 23.0. The first-order valence-electron chi connectivity index (χ1n) is 10.1. The molecular formula is C25H19Cl2N3O4. The SMILES string of the molecule is C[C@@H](NC(=O)/C(C#N)=C\c1cc(Cl)c(OCc2cccc([N+](=O)[O-])c2)c(Cl)c1)c1ccccc1.